The number of hydrogen-bond donors (Lipinski definition) is 1. The lowest BCUT2D eigenvalue weighted by Crippen LogP contribution is -2.15. The summed E-state index contributed by atoms with van der Waals surface area (Å²) >= 11 is 0. The zero-order chi connectivity index (χ0) is 12.5. The van der Waals surface area contributed by atoms with Gasteiger partial charge in [0, 0.05) is 0 Å². The quantitative estimate of drug-likeness (QED) is 0.824. The van der Waals surface area contributed by atoms with Crippen molar-refractivity contribution < 1.29 is 12.7 Å². The zero-order valence-corrected chi connectivity index (χ0v) is 10.8. The summed E-state index contributed by atoms with van der Waals surface area (Å²) in [5.74, 6) is 4.92. The average Bonchev–Trinajstić information content (AvgIpc) is 2.15. The minimum atomic E-state index is -3.84. The van der Waals surface area contributed by atoms with E-state index in [0.717, 1.165) is 11.1 Å². The van der Waals surface area contributed by atoms with E-state index >= 15 is 0 Å². The van der Waals surface area contributed by atoms with Crippen molar-refractivity contribution in [1.29, 1.82) is 0 Å². The SMILES string of the molecule is Cc1cc(C)c(S(=O)(=O)ON)c(C(C)C)c1. The molecule has 0 atom stereocenters. The highest BCUT2D eigenvalue weighted by Crippen LogP contribution is 2.28. The molecule has 0 aliphatic carbocycles. The van der Waals surface area contributed by atoms with Crippen LogP contribution < -0.4 is 5.90 Å². The predicted molar refractivity (Wildman–Crippen MR) is 62.5 cm³/mol. The summed E-state index contributed by atoms with van der Waals surface area (Å²) in [6.45, 7) is 7.54. The van der Waals surface area contributed by atoms with Crippen molar-refractivity contribution in [2.45, 2.75) is 38.5 Å². The van der Waals surface area contributed by atoms with E-state index in [4.69, 9.17) is 5.90 Å². The first kappa shape index (κ1) is 13.2. The van der Waals surface area contributed by atoms with Gasteiger partial charge in [0.2, 0.25) is 0 Å². The highest BCUT2D eigenvalue weighted by Gasteiger charge is 2.23. The Kier molecular flexibility index (Phi) is 3.72. The smallest absolute Gasteiger partial charge is 0.197 e. The van der Waals surface area contributed by atoms with Gasteiger partial charge < -0.3 is 0 Å². The maximum atomic E-state index is 11.7. The molecule has 0 heterocycles. The molecule has 0 spiro atoms. The zero-order valence-electron chi connectivity index (χ0n) is 9.94. The molecule has 0 saturated heterocycles. The number of rotatable bonds is 3. The Morgan fingerprint density at radius 1 is 1.25 bits per heavy atom. The van der Waals surface area contributed by atoms with Crippen LogP contribution in [0.4, 0.5) is 0 Å². The summed E-state index contributed by atoms with van der Waals surface area (Å²) in [5, 5.41) is 0. The largest absolute Gasteiger partial charge is 0.313 e. The monoisotopic (exact) mass is 243 g/mol. The minimum absolute atomic E-state index is 0.0959. The first-order valence-electron chi connectivity index (χ1n) is 5.04. The van der Waals surface area contributed by atoms with Gasteiger partial charge in [0.25, 0.3) is 0 Å². The minimum Gasteiger partial charge on any atom is -0.197 e. The van der Waals surface area contributed by atoms with Gasteiger partial charge in [-0.1, -0.05) is 31.5 Å². The van der Waals surface area contributed by atoms with Gasteiger partial charge in [-0.25, -0.2) is 0 Å². The number of hydrogen-bond acceptors (Lipinski definition) is 4. The molecule has 0 aliphatic rings. The molecule has 0 radical (unpaired) electrons. The van der Waals surface area contributed by atoms with Crippen molar-refractivity contribution in [1.82, 2.24) is 0 Å². The highest BCUT2D eigenvalue weighted by atomic mass is 32.2. The molecule has 4 nitrogen and oxygen atoms in total. The lowest BCUT2D eigenvalue weighted by molar-refractivity contribution is 0.332. The summed E-state index contributed by atoms with van der Waals surface area (Å²) in [4.78, 5) is 0.190. The van der Waals surface area contributed by atoms with Crippen molar-refractivity contribution in [3.63, 3.8) is 0 Å². The predicted octanol–water partition coefficient (Wildman–Crippen LogP) is 2.01. The third kappa shape index (κ3) is 2.42. The summed E-state index contributed by atoms with van der Waals surface area (Å²) in [6.07, 6.45) is 0. The van der Waals surface area contributed by atoms with Crippen molar-refractivity contribution in [2.75, 3.05) is 0 Å². The highest BCUT2D eigenvalue weighted by molar-refractivity contribution is 7.86. The Bertz CT molecular complexity index is 492. The van der Waals surface area contributed by atoms with E-state index in [0.29, 0.717) is 5.56 Å². The average molecular weight is 243 g/mol. The van der Waals surface area contributed by atoms with Crippen molar-refractivity contribution >= 4 is 10.1 Å². The third-order valence-corrected chi connectivity index (χ3v) is 3.76. The van der Waals surface area contributed by atoms with Gasteiger partial charge in [-0.15, -0.1) is 0 Å². The van der Waals surface area contributed by atoms with Gasteiger partial charge in [0.15, 0.2) is 0 Å². The maximum Gasteiger partial charge on any atom is 0.313 e. The van der Waals surface area contributed by atoms with E-state index in [2.05, 4.69) is 4.28 Å². The van der Waals surface area contributed by atoms with Crippen molar-refractivity contribution in [3.05, 3.63) is 28.8 Å². The molecule has 5 heteroatoms. The fraction of sp³-hybridized carbons (Fsp3) is 0.455. The molecule has 1 aromatic rings. The fourth-order valence-corrected chi connectivity index (χ4v) is 2.94. The molecule has 90 valence electrons. The Morgan fingerprint density at radius 3 is 2.25 bits per heavy atom. The van der Waals surface area contributed by atoms with E-state index in [1.807, 2.05) is 26.8 Å². The van der Waals surface area contributed by atoms with Gasteiger partial charge in [-0.05, 0) is 30.9 Å². The maximum absolute atomic E-state index is 11.7. The molecular formula is C11H17NO3S. The van der Waals surface area contributed by atoms with E-state index in [9.17, 15) is 8.42 Å². The van der Waals surface area contributed by atoms with Crippen LogP contribution in [-0.4, -0.2) is 8.42 Å². The van der Waals surface area contributed by atoms with Crippen LogP contribution in [0.15, 0.2) is 17.0 Å². The van der Waals surface area contributed by atoms with Crippen molar-refractivity contribution in [3.8, 4) is 0 Å². The molecule has 0 bridgehead atoms. The normalized spacial score (nSPS) is 12.1. The molecule has 0 aromatic heterocycles. The van der Waals surface area contributed by atoms with E-state index in [-0.39, 0.29) is 10.8 Å². The third-order valence-electron chi connectivity index (χ3n) is 2.45. The van der Waals surface area contributed by atoms with Gasteiger partial charge in [0.1, 0.15) is 4.90 Å². The van der Waals surface area contributed by atoms with Gasteiger partial charge in [0.05, 0.1) is 0 Å². The van der Waals surface area contributed by atoms with Gasteiger partial charge in [-0.2, -0.15) is 18.6 Å². The number of nitrogens with two attached hydrogens (primary N) is 1. The Hall–Kier alpha value is -0.910. The second-order valence-electron chi connectivity index (χ2n) is 4.21. The van der Waals surface area contributed by atoms with Crippen LogP contribution in [0.3, 0.4) is 0 Å². The van der Waals surface area contributed by atoms with E-state index in [1.54, 1.807) is 13.0 Å². The van der Waals surface area contributed by atoms with Crippen LogP contribution in [0.1, 0.15) is 36.5 Å². The first-order valence-corrected chi connectivity index (χ1v) is 6.45. The lowest BCUT2D eigenvalue weighted by atomic mass is 9.98. The molecule has 1 aromatic carbocycles. The van der Waals surface area contributed by atoms with Crippen LogP contribution in [0.2, 0.25) is 0 Å². The second kappa shape index (κ2) is 4.53. The van der Waals surface area contributed by atoms with Gasteiger partial charge in [-0.3, -0.25) is 0 Å². The second-order valence-corrected chi connectivity index (χ2v) is 5.71. The van der Waals surface area contributed by atoms with E-state index in [1.165, 1.54) is 0 Å². The Morgan fingerprint density at radius 2 is 1.81 bits per heavy atom. The molecule has 0 aliphatic heterocycles. The number of aryl methyl sites for hydroxylation is 2. The molecule has 0 unspecified atom stereocenters. The van der Waals surface area contributed by atoms with Crippen LogP contribution in [0.25, 0.3) is 0 Å². The first-order chi connectivity index (χ1) is 7.29. The van der Waals surface area contributed by atoms with Gasteiger partial charge >= 0.3 is 10.1 Å². The van der Waals surface area contributed by atoms with Crippen LogP contribution >= 0.6 is 0 Å². The topological polar surface area (TPSA) is 69.4 Å². The summed E-state index contributed by atoms with van der Waals surface area (Å²) in [7, 11) is -3.84. The van der Waals surface area contributed by atoms with E-state index < -0.39 is 10.1 Å². The van der Waals surface area contributed by atoms with Crippen LogP contribution in [0, 0.1) is 13.8 Å². The molecular weight excluding hydrogens is 226 g/mol. The standard InChI is InChI=1S/C11H17NO3S/c1-7(2)10-6-8(3)5-9(4)11(10)16(13,14)15-12/h5-7H,12H2,1-4H3. The van der Waals surface area contributed by atoms with Crippen LogP contribution in [0.5, 0.6) is 0 Å². The molecule has 0 saturated carbocycles. The fourth-order valence-electron chi connectivity index (χ4n) is 1.81. The summed E-state index contributed by atoms with van der Waals surface area (Å²) in [5.41, 5.74) is 2.43. The molecule has 0 fully saturated rings. The lowest BCUT2D eigenvalue weighted by Gasteiger charge is -2.15. The number of benzene rings is 1. The molecule has 2 N–H and O–H groups in total. The van der Waals surface area contributed by atoms with Crippen molar-refractivity contribution in [2.24, 2.45) is 5.90 Å². The summed E-state index contributed by atoms with van der Waals surface area (Å²) < 4.78 is 27.5. The summed E-state index contributed by atoms with van der Waals surface area (Å²) in [6, 6.07) is 3.65. The van der Waals surface area contributed by atoms with Crippen LogP contribution in [-0.2, 0) is 14.4 Å². The Balaban J connectivity index is 3.61. The molecule has 0 amide bonds. The molecule has 1 rings (SSSR count). The molecule has 16 heavy (non-hydrogen) atoms. The Labute approximate surface area is 96.5 Å².